The third-order valence-corrected chi connectivity index (χ3v) is 1.86. The number of aliphatic hydroxyl groups is 1. The molecule has 0 heterocycles. The first-order valence-corrected chi connectivity index (χ1v) is 4.59. The molecule has 0 rings (SSSR count). The Morgan fingerprint density at radius 1 is 1.50 bits per heavy atom. The smallest absolute Gasteiger partial charge is 0.248 e. The molecule has 0 aromatic rings. The molecule has 5 heteroatoms. The van der Waals surface area contributed by atoms with Crippen LogP contribution in [0.5, 0.6) is 0 Å². The van der Waals surface area contributed by atoms with Crippen molar-refractivity contribution < 1.29 is 19.4 Å². The van der Waals surface area contributed by atoms with Crippen LogP contribution in [0.4, 0.5) is 0 Å². The SMILES string of the molecule is COCC(O)CCNC(=O)C(C)OC. The summed E-state index contributed by atoms with van der Waals surface area (Å²) in [5, 5.41) is 11.9. The van der Waals surface area contributed by atoms with Crippen LogP contribution in [0.2, 0.25) is 0 Å². The molecule has 0 fully saturated rings. The monoisotopic (exact) mass is 205 g/mol. The molecule has 1 amide bonds. The van der Waals surface area contributed by atoms with Crippen molar-refractivity contribution in [2.24, 2.45) is 0 Å². The summed E-state index contributed by atoms with van der Waals surface area (Å²) in [4.78, 5) is 11.2. The molecular formula is C9H19NO4. The lowest BCUT2D eigenvalue weighted by atomic mass is 10.2. The van der Waals surface area contributed by atoms with Crippen molar-refractivity contribution in [2.75, 3.05) is 27.4 Å². The molecule has 0 saturated heterocycles. The summed E-state index contributed by atoms with van der Waals surface area (Å²) in [6.07, 6.45) is -0.497. The Morgan fingerprint density at radius 3 is 2.64 bits per heavy atom. The predicted molar refractivity (Wildman–Crippen MR) is 52.0 cm³/mol. The third kappa shape index (κ3) is 5.90. The van der Waals surface area contributed by atoms with Crippen LogP contribution < -0.4 is 5.32 Å². The molecule has 0 aliphatic rings. The zero-order chi connectivity index (χ0) is 11.0. The number of ether oxygens (including phenoxy) is 2. The number of hydrogen-bond acceptors (Lipinski definition) is 4. The van der Waals surface area contributed by atoms with Crippen LogP contribution in [0, 0.1) is 0 Å². The van der Waals surface area contributed by atoms with Gasteiger partial charge in [0.05, 0.1) is 12.7 Å². The van der Waals surface area contributed by atoms with Crippen LogP contribution in [-0.2, 0) is 14.3 Å². The fraction of sp³-hybridized carbons (Fsp3) is 0.889. The number of nitrogens with one attached hydrogen (secondary N) is 1. The number of carbonyl (C=O) groups is 1. The van der Waals surface area contributed by atoms with E-state index in [1.807, 2.05) is 0 Å². The number of hydrogen-bond donors (Lipinski definition) is 2. The first kappa shape index (κ1) is 13.4. The van der Waals surface area contributed by atoms with Gasteiger partial charge in [0.25, 0.3) is 0 Å². The average molecular weight is 205 g/mol. The van der Waals surface area contributed by atoms with Gasteiger partial charge >= 0.3 is 0 Å². The highest BCUT2D eigenvalue weighted by Gasteiger charge is 2.11. The molecule has 0 spiro atoms. The number of amides is 1. The Morgan fingerprint density at radius 2 is 2.14 bits per heavy atom. The highest BCUT2D eigenvalue weighted by Crippen LogP contribution is 1.92. The van der Waals surface area contributed by atoms with Gasteiger partial charge in [-0.25, -0.2) is 0 Å². The van der Waals surface area contributed by atoms with Crippen molar-refractivity contribution in [2.45, 2.75) is 25.6 Å². The Hall–Kier alpha value is -0.650. The largest absolute Gasteiger partial charge is 0.391 e. The molecule has 0 aliphatic heterocycles. The third-order valence-electron chi connectivity index (χ3n) is 1.86. The van der Waals surface area contributed by atoms with E-state index < -0.39 is 12.2 Å². The molecule has 0 bridgehead atoms. The summed E-state index contributed by atoms with van der Waals surface area (Å²) in [5.74, 6) is -0.169. The average Bonchev–Trinajstić information content (AvgIpc) is 2.16. The van der Waals surface area contributed by atoms with Crippen LogP contribution in [0.1, 0.15) is 13.3 Å². The van der Waals surface area contributed by atoms with Crippen molar-refractivity contribution in [1.82, 2.24) is 5.32 Å². The second-order valence-electron chi connectivity index (χ2n) is 3.07. The van der Waals surface area contributed by atoms with Gasteiger partial charge in [-0.2, -0.15) is 0 Å². The molecule has 0 saturated carbocycles. The maximum Gasteiger partial charge on any atom is 0.248 e. The van der Waals surface area contributed by atoms with E-state index in [0.29, 0.717) is 13.0 Å². The maximum absolute atomic E-state index is 11.2. The van der Waals surface area contributed by atoms with Crippen molar-refractivity contribution in [3.8, 4) is 0 Å². The number of rotatable bonds is 7. The van der Waals surface area contributed by atoms with Crippen LogP contribution in [0.25, 0.3) is 0 Å². The van der Waals surface area contributed by atoms with E-state index in [9.17, 15) is 9.90 Å². The van der Waals surface area contributed by atoms with E-state index in [-0.39, 0.29) is 12.5 Å². The summed E-state index contributed by atoms with van der Waals surface area (Å²) >= 11 is 0. The zero-order valence-electron chi connectivity index (χ0n) is 8.95. The molecule has 0 radical (unpaired) electrons. The summed E-state index contributed by atoms with van der Waals surface area (Å²) < 4.78 is 9.56. The minimum atomic E-state index is -0.529. The van der Waals surface area contributed by atoms with Gasteiger partial charge in [0, 0.05) is 20.8 Å². The molecule has 84 valence electrons. The predicted octanol–water partition coefficient (Wildman–Crippen LogP) is -0.465. The molecule has 0 aromatic carbocycles. The van der Waals surface area contributed by atoms with Crippen LogP contribution in [0.3, 0.4) is 0 Å². The van der Waals surface area contributed by atoms with Gasteiger partial charge in [0.2, 0.25) is 5.91 Å². The van der Waals surface area contributed by atoms with Crippen LogP contribution in [0.15, 0.2) is 0 Å². The van der Waals surface area contributed by atoms with Crippen molar-refractivity contribution >= 4 is 5.91 Å². The highest BCUT2D eigenvalue weighted by molar-refractivity contribution is 5.80. The molecule has 0 aromatic heterocycles. The quantitative estimate of drug-likeness (QED) is 0.590. The molecular weight excluding hydrogens is 186 g/mol. The topological polar surface area (TPSA) is 67.8 Å². The van der Waals surface area contributed by atoms with Gasteiger partial charge < -0.3 is 19.9 Å². The van der Waals surface area contributed by atoms with Gasteiger partial charge in [0.1, 0.15) is 6.10 Å². The molecule has 0 aliphatic carbocycles. The summed E-state index contributed by atoms with van der Waals surface area (Å²) in [7, 11) is 3.00. The van der Waals surface area contributed by atoms with E-state index in [1.165, 1.54) is 14.2 Å². The lowest BCUT2D eigenvalue weighted by Gasteiger charge is -2.12. The Kier molecular flexibility index (Phi) is 7.37. The minimum absolute atomic E-state index is 0.169. The minimum Gasteiger partial charge on any atom is -0.391 e. The fourth-order valence-electron chi connectivity index (χ4n) is 0.888. The number of methoxy groups -OCH3 is 2. The molecule has 14 heavy (non-hydrogen) atoms. The van der Waals surface area contributed by atoms with Gasteiger partial charge in [-0.3, -0.25) is 4.79 Å². The second kappa shape index (κ2) is 7.73. The summed E-state index contributed by atoms with van der Waals surface area (Å²) in [6.45, 7) is 2.38. The summed E-state index contributed by atoms with van der Waals surface area (Å²) in [5.41, 5.74) is 0. The van der Waals surface area contributed by atoms with E-state index in [0.717, 1.165) is 0 Å². The highest BCUT2D eigenvalue weighted by atomic mass is 16.5. The second-order valence-corrected chi connectivity index (χ2v) is 3.07. The van der Waals surface area contributed by atoms with Crippen LogP contribution in [-0.4, -0.2) is 50.6 Å². The normalized spacial score (nSPS) is 14.9. The van der Waals surface area contributed by atoms with Gasteiger partial charge in [-0.05, 0) is 13.3 Å². The Balaban J connectivity index is 3.48. The standard InChI is InChI=1S/C9H19NO4/c1-7(14-3)9(12)10-5-4-8(11)6-13-2/h7-8,11H,4-6H2,1-3H3,(H,10,12). The number of carbonyl (C=O) groups excluding carboxylic acids is 1. The number of aliphatic hydroxyl groups excluding tert-OH is 1. The van der Waals surface area contributed by atoms with Crippen LogP contribution >= 0.6 is 0 Å². The van der Waals surface area contributed by atoms with Gasteiger partial charge in [-0.15, -0.1) is 0 Å². The maximum atomic E-state index is 11.2. The molecule has 2 atom stereocenters. The first-order valence-electron chi connectivity index (χ1n) is 4.59. The molecule has 2 N–H and O–H groups in total. The van der Waals surface area contributed by atoms with E-state index >= 15 is 0 Å². The Bertz CT molecular complexity index is 163. The van der Waals surface area contributed by atoms with Crippen molar-refractivity contribution in [1.29, 1.82) is 0 Å². The first-order chi connectivity index (χ1) is 6.61. The van der Waals surface area contributed by atoms with E-state index in [1.54, 1.807) is 6.92 Å². The summed E-state index contributed by atoms with van der Waals surface area (Å²) in [6, 6.07) is 0. The zero-order valence-corrected chi connectivity index (χ0v) is 8.95. The van der Waals surface area contributed by atoms with Gasteiger partial charge in [-0.1, -0.05) is 0 Å². The molecule has 5 nitrogen and oxygen atoms in total. The van der Waals surface area contributed by atoms with E-state index in [4.69, 9.17) is 9.47 Å². The van der Waals surface area contributed by atoms with E-state index in [2.05, 4.69) is 5.32 Å². The van der Waals surface area contributed by atoms with Gasteiger partial charge in [0.15, 0.2) is 0 Å². The fourth-order valence-corrected chi connectivity index (χ4v) is 0.888. The van der Waals surface area contributed by atoms with Crippen molar-refractivity contribution in [3.05, 3.63) is 0 Å². The van der Waals surface area contributed by atoms with Crippen molar-refractivity contribution in [3.63, 3.8) is 0 Å². The molecule has 2 unspecified atom stereocenters. The lowest BCUT2D eigenvalue weighted by molar-refractivity contribution is -0.130. The lowest BCUT2D eigenvalue weighted by Crippen LogP contribution is -2.35. The Labute approximate surface area is 84.4 Å².